The number of ether oxygens (including phenoxy) is 1. The van der Waals surface area contributed by atoms with Gasteiger partial charge in [-0.15, -0.1) is 0 Å². The number of aliphatic hydroxyl groups excluding tert-OH is 1. The Balaban J connectivity index is 2.63. The summed E-state index contributed by atoms with van der Waals surface area (Å²) in [5.41, 5.74) is 5.11. The van der Waals surface area contributed by atoms with E-state index in [1.54, 1.807) is 5.32 Å². The Morgan fingerprint density at radius 3 is 2.72 bits per heavy atom. The van der Waals surface area contributed by atoms with Crippen molar-refractivity contribution in [2.75, 3.05) is 6.61 Å². The van der Waals surface area contributed by atoms with E-state index < -0.39 is 30.5 Å². The summed E-state index contributed by atoms with van der Waals surface area (Å²) in [5.74, 6) is -1.64. The van der Waals surface area contributed by atoms with Gasteiger partial charge in [-0.2, -0.15) is 0 Å². The molecule has 0 aromatic heterocycles. The predicted molar refractivity (Wildman–Crippen MR) is 60.3 cm³/mol. The third-order valence-corrected chi connectivity index (χ3v) is 2.06. The van der Waals surface area contributed by atoms with Gasteiger partial charge in [-0.1, -0.05) is 6.07 Å². The molecule has 0 aliphatic rings. The summed E-state index contributed by atoms with van der Waals surface area (Å²) in [6, 6.07) is 2.85. The van der Waals surface area contributed by atoms with Crippen LogP contribution in [0, 0.1) is 5.82 Å². The second kappa shape index (κ2) is 5.97. The van der Waals surface area contributed by atoms with Gasteiger partial charge in [0.2, 0.25) is 0 Å². The number of nitrogens with two attached hydrogens (primary N) is 1. The molecule has 0 aliphatic carbocycles. The number of nitrogens with one attached hydrogen (secondary N) is 1. The highest BCUT2D eigenvalue weighted by atomic mass is 19.1. The number of urea groups is 1. The molecule has 6 nitrogen and oxygen atoms in total. The number of carbonyl (C=O) groups is 2. The van der Waals surface area contributed by atoms with Crippen LogP contribution in [0.25, 0.3) is 0 Å². The van der Waals surface area contributed by atoms with E-state index >= 15 is 0 Å². The number of amides is 3. The number of aliphatic hydroxyl groups is 1. The van der Waals surface area contributed by atoms with Crippen LogP contribution in [0.2, 0.25) is 0 Å². The van der Waals surface area contributed by atoms with Crippen molar-refractivity contribution in [3.05, 3.63) is 29.6 Å². The van der Waals surface area contributed by atoms with Crippen LogP contribution in [0.5, 0.6) is 5.75 Å². The Labute approximate surface area is 103 Å². The van der Waals surface area contributed by atoms with Gasteiger partial charge in [-0.05, 0) is 24.6 Å². The van der Waals surface area contributed by atoms with Gasteiger partial charge in [0, 0.05) is 0 Å². The van der Waals surface area contributed by atoms with Crippen molar-refractivity contribution >= 4 is 11.9 Å². The summed E-state index contributed by atoms with van der Waals surface area (Å²) >= 11 is 0. The van der Waals surface area contributed by atoms with Gasteiger partial charge in [-0.25, -0.2) is 9.18 Å². The van der Waals surface area contributed by atoms with E-state index in [-0.39, 0.29) is 5.75 Å². The second-order valence-corrected chi connectivity index (χ2v) is 3.57. The molecule has 0 radical (unpaired) electrons. The van der Waals surface area contributed by atoms with Crippen LogP contribution in [0.1, 0.15) is 18.6 Å². The smallest absolute Gasteiger partial charge is 0.318 e. The van der Waals surface area contributed by atoms with E-state index in [1.807, 2.05) is 0 Å². The Morgan fingerprint density at radius 1 is 1.56 bits per heavy atom. The highest BCUT2D eigenvalue weighted by Crippen LogP contribution is 2.21. The highest BCUT2D eigenvalue weighted by Gasteiger charge is 2.10. The van der Waals surface area contributed by atoms with Gasteiger partial charge < -0.3 is 15.6 Å². The molecule has 98 valence electrons. The van der Waals surface area contributed by atoms with Gasteiger partial charge in [0.05, 0.1) is 6.10 Å². The number of hydrogen-bond acceptors (Lipinski definition) is 4. The van der Waals surface area contributed by atoms with Crippen LogP contribution in [0.15, 0.2) is 18.2 Å². The van der Waals surface area contributed by atoms with Crippen LogP contribution < -0.4 is 15.8 Å². The largest absolute Gasteiger partial charge is 0.481 e. The highest BCUT2D eigenvalue weighted by molar-refractivity contribution is 5.94. The average molecular weight is 256 g/mol. The molecule has 0 saturated heterocycles. The van der Waals surface area contributed by atoms with Crippen molar-refractivity contribution in [1.29, 1.82) is 0 Å². The Morgan fingerprint density at radius 2 is 2.22 bits per heavy atom. The molecule has 1 rings (SSSR count). The topological polar surface area (TPSA) is 102 Å². The first-order valence-corrected chi connectivity index (χ1v) is 5.09. The van der Waals surface area contributed by atoms with Gasteiger partial charge >= 0.3 is 6.03 Å². The third-order valence-electron chi connectivity index (χ3n) is 2.06. The van der Waals surface area contributed by atoms with Gasteiger partial charge in [-0.3, -0.25) is 10.1 Å². The molecular formula is C11H13FN2O4. The standard InChI is InChI=1S/C11H13FN2O4/c1-6(15)7-2-3-9(8(12)4-7)18-5-10(16)14-11(13)17/h2-4,6,15H,5H2,1H3,(H3,13,14,16,17)/t6-/m0/s1. The summed E-state index contributed by atoms with van der Waals surface area (Å²) < 4.78 is 18.3. The number of carbonyl (C=O) groups excluding carboxylic acids is 2. The molecule has 3 amide bonds. The van der Waals surface area contributed by atoms with Crippen molar-refractivity contribution < 1.29 is 23.8 Å². The summed E-state index contributed by atoms with van der Waals surface area (Å²) in [6.45, 7) is 0.962. The molecule has 1 aromatic rings. The van der Waals surface area contributed by atoms with E-state index in [4.69, 9.17) is 10.5 Å². The first-order valence-electron chi connectivity index (χ1n) is 5.09. The lowest BCUT2D eigenvalue weighted by Crippen LogP contribution is -2.38. The number of hydrogen-bond donors (Lipinski definition) is 3. The first-order chi connectivity index (χ1) is 8.40. The van der Waals surface area contributed by atoms with E-state index in [1.165, 1.54) is 19.1 Å². The lowest BCUT2D eigenvalue weighted by molar-refractivity contribution is -0.121. The zero-order chi connectivity index (χ0) is 13.7. The zero-order valence-corrected chi connectivity index (χ0v) is 9.64. The lowest BCUT2D eigenvalue weighted by Gasteiger charge is -2.09. The van der Waals surface area contributed by atoms with Crippen LogP contribution in [0.4, 0.5) is 9.18 Å². The Hall–Kier alpha value is -2.15. The fourth-order valence-corrected chi connectivity index (χ4v) is 1.21. The van der Waals surface area contributed by atoms with Crippen molar-refractivity contribution in [3.63, 3.8) is 0 Å². The Bertz CT molecular complexity index is 462. The maximum absolute atomic E-state index is 13.5. The van der Waals surface area contributed by atoms with Crippen LogP contribution >= 0.6 is 0 Å². The molecule has 0 saturated carbocycles. The van der Waals surface area contributed by atoms with E-state index in [2.05, 4.69) is 0 Å². The number of halogens is 1. The summed E-state index contributed by atoms with van der Waals surface area (Å²) in [7, 11) is 0. The Kier molecular flexibility index (Phi) is 4.61. The van der Waals surface area contributed by atoms with Gasteiger partial charge in [0.15, 0.2) is 18.2 Å². The summed E-state index contributed by atoms with van der Waals surface area (Å²) in [5, 5.41) is 11.0. The SMILES string of the molecule is C[C@H](O)c1ccc(OCC(=O)NC(N)=O)c(F)c1. The minimum atomic E-state index is -1.01. The van der Waals surface area contributed by atoms with Crippen LogP contribution in [0.3, 0.4) is 0 Å². The molecule has 0 aliphatic heterocycles. The van der Waals surface area contributed by atoms with Gasteiger partial charge in [0.1, 0.15) is 0 Å². The quantitative estimate of drug-likeness (QED) is 0.728. The predicted octanol–water partition coefficient (Wildman–Crippen LogP) is 0.453. The minimum absolute atomic E-state index is 0.154. The van der Waals surface area contributed by atoms with Crippen molar-refractivity contribution in [2.24, 2.45) is 5.73 Å². The van der Waals surface area contributed by atoms with E-state index in [0.29, 0.717) is 5.56 Å². The molecule has 4 N–H and O–H groups in total. The number of primary amides is 1. The summed E-state index contributed by atoms with van der Waals surface area (Å²) in [6.07, 6.45) is -0.799. The molecule has 0 heterocycles. The van der Waals surface area contributed by atoms with E-state index in [9.17, 15) is 19.1 Å². The number of benzene rings is 1. The number of rotatable bonds is 4. The second-order valence-electron chi connectivity index (χ2n) is 3.57. The van der Waals surface area contributed by atoms with E-state index in [0.717, 1.165) is 6.07 Å². The van der Waals surface area contributed by atoms with Crippen molar-refractivity contribution in [2.45, 2.75) is 13.0 Å². The van der Waals surface area contributed by atoms with Crippen molar-refractivity contribution in [3.8, 4) is 5.75 Å². The molecule has 1 aromatic carbocycles. The molecule has 0 bridgehead atoms. The zero-order valence-electron chi connectivity index (χ0n) is 9.64. The third kappa shape index (κ3) is 4.02. The van der Waals surface area contributed by atoms with Crippen LogP contribution in [-0.2, 0) is 4.79 Å². The first kappa shape index (κ1) is 13.9. The van der Waals surface area contributed by atoms with Crippen LogP contribution in [-0.4, -0.2) is 23.7 Å². The molecule has 7 heteroatoms. The fraction of sp³-hybridized carbons (Fsp3) is 0.273. The monoisotopic (exact) mass is 256 g/mol. The summed E-state index contributed by atoms with van der Waals surface area (Å²) in [4.78, 5) is 21.4. The van der Waals surface area contributed by atoms with Gasteiger partial charge in [0.25, 0.3) is 5.91 Å². The normalized spacial score (nSPS) is 11.7. The molecule has 18 heavy (non-hydrogen) atoms. The molecule has 0 spiro atoms. The maximum Gasteiger partial charge on any atom is 0.318 e. The lowest BCUT2D eigenvalue weighted by atomic mass is 10.1. The fourth-order valence-electron chi connectivity index (χ4n) is 1.21. The molecule has 0 unspecified atom stereocenters. The molecule has 1 atom stereocenters. The minimum Gasteiger partial charge on any atom is -0.481 e. The molecular weight excluding hydrogens is 243 g/mol. The molecule has 0 fully saturated rings. The van der Waals surface area contributed by atoms with Crippen molar-refractivity contribution in [1.82, 2.24) is 5.32 Å². The average Bonchev–Trinajstić information content (AvgIpc) is 2.26. The maximum atomic E-state index is 13.5. The number of imide groups is 1.